The molecule has 1 fully saturated rings. The fourth-order valence-corrected chi connectivity index (χ4v) is 3.77. The minimum Gasteiger partial charge on any atom is -0.356 e. The van der Waals surface area contributed by atoms with Crippen LogP contribution in [-0.4, -0.2) is 34.7 Å². The van der Waals surface area contributed by atoms with Crippen molar-refractivity contribution >= 4 is 45.9 Å². The maximum Gasteiger partial charge on any atom is 0.191 e. The summed E-state index contributed by atoms with van der Waals surface area (Å²) in [6.45, 7) is 1.56. The highest BCUT2D eigenvalue weighted by atomic mass is 127. The number of aromatic nitrogens is 3. The van der Waals surface area contributed by atoms with Crippen molar-refractivity contribution in [3.05, 3.63) is 70.5 Å². The van der Waals surface area contributed by atoms with E-state index in [1.165, 1.54) is 24.7 Å². The molecule has 0 radical (unpaired) electrons. The summed E-state index contributed by atoms with van der Waals surface area (Å²) in [5.41, 5.74) is 3.77. The van der Waals surface area contributed by atoms with E-state index in [1.807, 2.05) is 12.1 Å². The third-order valence-corrected chi connectivity index (χ3v) is 5.68. The van der Waals surface area contributed by atoms with Crippen LogP contribution in [-0.2, 0) is 12.0 Å². The lowest BCUT2D eigenvalue weighted by Gasteiger charge is -2.19. The molecule has 1 aromatic heterocycles. The SMILES string of the molecule is CN=C(NCc1cccc(-c2ncn[nH]2)c1)NCC1(c2cccc(Br)c2)CC1.I. The number of guanidine groups is 1. The molecule has 6 nitrogen and oxygen atoms in total. The number of H-pyrrole nitrogens is 1. The average molecular weight is 567 g/mol. The molecule has 1 saturated carbocycles. The highest BCUT2D eigenvalue weighted by Crippen LogP contribution is 2.48. The van der Waals surface area contributed by atoms with Crippen molar-refractivity contribution in [2.75, 3.05) is 13.6 Å². The van der Waals surface area contributed by atoms with Crippen molar-refractivity contribution in [2.45, 2.75) is 24.8 Å². The fraction of sp³-hybridized carbons (Fsp3) is 0.286. The van der Waals surface area contributed by atoms with Gasteiger partial charge in [0, 0.05) is 35.6 Å². The molecular weight excluding hydrogens is 543 g/mol. The summed E-state index contributed by atoms with van der Waals surface area (Å²) in [5.74, 6) is 1.58. The number of aliphatic imine (C=N–C) groups is 1. The smallest absolute Gasteiger partial charge is 0.191 e. The molecule has 0 amide bonds. The molecule has 0 atom stereocenters. The summed E-state index contributed by atoms with van der Waals surface area (Å²) >= 11 is 3.58. The summed E-state index contributed by atoms with van der Waals surface area (Å²) in [5, 5.41) is 13.7. The van der Waals surface area contributed by atoms with Crippen molar-refractivity contribution < 1.29 is 0 Å². The minimum absolute atomic E-state index is 0. The number of benzene rings is 2. The summed E-state index contributed by atoms with van der Waals surface area (Å²) in [7, 11) is 1.80. The Bertz CT molecular complexity index is 969. The van der Waals surface area contributed by atoms with Crippen LogP contribution in [0.25, 0.3) is 11.4 Å². The second-order valence-corrected chi connectivity index (χ2v) is 8.02. The second kappa shape index (κ2) is 9.71. The number of rotatable bonds is 6. The Hall–Kier alpha value is -1.94. The third kappa shape index (κ3) is 5.36. The van der Waals surface area contributed by atoms with Crippen LogP contribution in [0.4, 0.5) is 0 Å². The lowest BCUT2D eigenvalue weighted by atomic mass is 9.96. The van der Waals surface area contributed by atoms with E-state index in [2.05, 4.69) is 83.1 Å². The van der Waals surface area contributed by atoms with Gasteiger partial charge in [0.1, 0.15) is 6.33 Å². The third-order valence-electron chi connectivity index (χ3n) is 5.18. The number of aromatic amines is 1. The van der Waals surface area contributed by atoms with Gasteiger partial charge in [-0.15, -0.1) is 24.0 Å². The summed E-state index contributed by atoms with van der Waals surface area (Å²) in [6.07, 6.45) is 3.92. The predicted octanol–water partition coefficient (Wildman–Crippen LogP) is 4.25. The van der Waals surface area contributed by atoms with E-state index in [-0.39, 0.29) is 29.4 Å². The molecule has 0 bridgehead atoms. The van der Waals surface area contributed by atoms with Gasteiger partial charge in [0.15, 0.2) is 11.8 Å². The van der Waals surface area contributed by atoms with E-state index in [4.69, 9.17) is 0 Å². The first-order valence-corrected chi connectivity index (χ1v) is 10.1. The molecule has 1 aliphatic rings. The monoisotopic (exact) mass is 566 g/mol. The predicted molar refractivity (Wildman–Crippen MR) is 130 cm³/mol. The average Bonchev–Trinajstić information content (AvgIpc) is 3.31. The van der Waals surface area contributed by atoms with Crippen LogP contribution >= 0.6 is 39.9 Å². The van der Waals surface area contributed by atoms with E-state index in [1.54, 1.807) is 7.05 Å². The van der Waals surface area contributed by atoms with Gasteiger partial charge in [0.2, 0.25) is 0 Å². The highest BCUT2D eigenvalue weighted by Gasteiger charge is 2.44. The van der Waals surface area contributed by atoms with Crippen molar-refractivity contribution in [3.63, 3.8) is 0 Å². The molecule has 0 spiro atoms. The van der Waals surface area contributed by atoms with Crippen molar-refractivity contribution in [1.29, 1.82) is 0 Å². The molecule has 4 rings (SSSR count). The first-order valence-electron chi connectivity index (χ1n) is 9.34. The zero-order valence-electron chi connectivity index (χ0n) is 16.2. The van der Waals surface area contributed by atoms with Crippen LogP contribution in [0.2, 0.25) is 0 Å². The molecule has 0 unspecified atom stereocenters. The molecule has 29 heavy (non-hydrogen) atoms. The van der Waals surface area contributed by atoms with Crippen LogP contribution in [0.15, 0.2) is 64.3 Å². The van der Waals surface area contributed by atoms with Crippen LogP contribution < -0.4 is 10.6 Å². The molecule has 8 heteroatoms. The highest BCUT2D eigenvalue weighted by molar-refractivity contribution is 14.0. The number of hydrogen-bond acceptors (Lipinski definition) is 3. The zero-order chi connectivity index (χ0) is 19.4. The lowest BCUT2D eigenvalue weighted by molar-refractivity contribution is 0.645. The summed E-state index contributed by atoms with van der Waals surface area (Å²) in [4.78, 5) is 8.59. The molecule has 1 heterocycles. The Labute approximate surface area is 196 Å². The van der Waals surface area contributed by atoms with Gasteiger partial charge >= 0.3 is 0 Å². The second-order valence-electron chi connectivity index (χ2n) is 7.10. The Morgan fingerprint density at radius 2 is 2.00 bits per heavy atom. The number of halogens is 2. The van der Waals surface area contributed by atoms with Crippen molar-refractivity contribution in [3.8, 4) is 11.4 Å². The zero-order valence-corrected chi connectivity index (χ0v) is 20.1. The Morgan fingerprint density at radius 3 is 2.69 bits per heavy atom. The van der Waals surface area contributed by atoms with Gasteiger partial charge in [-0.3, -0.25) is 10.1 Å². The van der Waals surface area contributed by atoms with Gasteiger partial charge in [-0.05, 0) is 42.2 Å². The van der Waals surface area contributed by atoms with Crippen LogP contribution in [0.5, 0.6) is 0 Å². The molecule has 0 aliphatic heterocycles. The first kappa shape index (κ1) is 21.8. The normalized spacial score (nSPS) is 14.8. The maximum absolute atomic E-state index is 4.37. The number of nitrogens with zero attached hydrogens (tertiary/aromatic N) is 3. The van der Waals surface area contributed by atoms with E-state index in [0.29, 0.717) is 6.54 Å². The lowest BCUT2D eigenvalue weighted by Crippen LogP contribution is -2.40. The van der Waals surface area contributed by atoms with E-state index in [0.717, 1.165) is 33.9 Å². The van der Waals surface area contributed by atoms with E-state index in [9.17, 15) is 0 Å². The summed E-state index contributed by atoms with van der Waals surface area (Å²) < 4.78 is 1.13. The van der Waals surface area contributed by atoms with Gasteiger partial charge in [-0.25, -0.2) is 4.98 Å². The molecule has 0 saturated heterocycles. The number of nitrogens with one attached hydrogen (secondary N) is 3. The van der Waals surface area contributed by atoms with Gasteiger partial charge < -0.3 is 10.6 Å². The van der Waals surface area contributed by atoms with E-state index < -0.39 is 0 Å². The molecule has 152 valence electrons. The molecular formula is C21H24BrIN6. The Morgan fingerprint density at radius 1 is 1.17 bits per heavy atom. The van der Waals surface area contributed by atoms with Crippen molar-refractivity contribution in [1.82, 2.24) is 25.8 Å². The minimum atomic E-state index is 0. The Balaban J connectivity index is 0.00000240. The van der Waals surface area contributed by atoms with Crippen LogP contribution in [0, 0.1) is 0 Å². The van der Waals surface area contributed by atoms with E-state index >= 15 is 0 Å². The quantitative estimate of drug-likeness (QED) is 0.237. The van der Waals surface area contributed by atoms with Gasteiger partial charge in [0.25, 0.3) is 0 Å². The van der Waals surface area contributed by atoms with Gasteiger partial charge in [-0.2, -0.15) is 5.10 Å². The van der Waals surface area contributed by atoms with Crippen LogP contribution in [0.3, 0.4) is 0 Å². The topological polar surface area (TPSA) is 78.0 Å². The van der Waals surface area contributed by atoms with Crippen LogP contribution in [0.1, 0.15) is 24.0 Å². The fourth-order valence-electron chi connectivity index (χ4n) is 3.37. The Kier molecular flexibility index (Phi) is 7.28. The van der Waals surface area contributed by atoms with Gasteiger partial charge in [-0.1, -0.05) is 46.3 Å². The molecule has 1 aliphatic carbocycles. The molecule has 2 aromatic carbocycles. The van der Waals surface area contributed by atoms with Gasteiger partial charge in [0.05, 0.1) is 0 Å². The maximum atomic E-state index is 4.37. The standard InChI is InChI=1S/C21H23BrN6.HI/c1-23-20(25-13-21(8-9-21)17-6-3-7-18(22)11-17)24-12-15-4-2-5-16(10-15)19-26-14-27-28-19;/h2-7,10-11,14H,8-9,12-13H2,1H3,(H2,23,24,25)(H,26,27,28);1H. The first-order chi connectivity index (χ1) is 13.7. The summed E-state index contributed by atoms with van der Waals surface area (Å²) in [6, 6.07) is 16.8. The molecule has 3 aromatic rings. The largest absolute Gasteiger partial charge is 0.356 e. The number of hydrogen-bond donors (Lipinski definition) is 3. The molecule has 3 N–H and O–H groups in total. The van der Waals surface area contributed by atoms with Crippen molar-refractivity contribution in [2.24, 2.45) is 4.99 Å².